The molecule has 1 heterocycles. The minimum absolute atomic E-state index is 0.0826. The lowest BCUT2D eigenvalue weighted by atomic mass is 9.95. The second kappa shape index (κ2) is 6.71. The van der Waals surface area contributed by atoms with Crippen molar-refractivity contribution < 1.29 is 4.79 Å². The predicted octanol–water partition coefficient (Wildman–Crippen LogP) is 2.40. The van der Waals surface area contributed by atoms with E-state index in [-0.39, 0.29) is 11.9 Å². The van der Waals surface area contributed by atoms with Crippen molar-refractivity contribution in [2.24, 2.45) is 0 Å². The summed E-state index contributed by atoms with van der Waals surface area (Å²) in [6.45, 7) is 5.08. The minimum atomic E-state index is -0.0826. The van der Waals surface area contributed by atoms with E-state index in [9.17, 15) is 4.79 Å². The molecule has 0 spiro atoms. The predicted molar refractivity (Wildman–Crippen MR) is 77.9 cm³/mol. The highest BCUT2D eigenvalue weighted by atomic mass is 16.2. The SMILES string of the molecule is CCCC(CC)NC(=O)[C@H]1Cc2ccccc2CN1. The van der Waals surface area contributed by atoms with Gasteiger partial charge in [0.05, 0.1) is 6.04 Å². The normalized spacial score (nSPS) is 19.6. The van der Waals surface area contributed by atoms with E-state index in [0.29, 0.717) is 6.04 Å². The number of rotatable bonds is 5. The Morgan fingerprint density at radius 3 is 2.79 bits per heavy atom. The first-order valence-corrected chi connectivity index (χ1v) is 7.35. The lowest BCUT2D eigenvalue weighted by molar-refractivity contribution is -0.124. The molecule has 1 aliphatic heterocycles. The van der Waals surface area contributed by atoms with Gasteiger partial charge in [-0.25, -0.2) is 0 Å². The number of fused-ring (bicyclic) bond motifs is 1. The van der Waals surface area contributed by atoms with Crippen molar-refractivity contribution in [2.45, 2.75) is 58.2 Å². The highest BCUT2D eigenvalue weighted by Crippen LogP contribution is 2.16. The highest BCUT2D eigenvalue weighted by molar-refractivity contribution is 5.82. The summed E-state index contributed by atoms with van der Waals surface area (Å²) in [5.74, 6) is 0.148. The summed E-state index contributed by atoms with van der Waals surface area (Å²) in [7, 11) is 0. The van der Waals surface area contributed by atoms with Crippen molar-refractivity contribution in [1.82, 2.24) is 10.6 Å². The average molecular weight is 260 g/mol. The summed E-state index contributed by atoms with van der Waals surface area (Å²) < 4.78 is 0. The fourth-order valence-electron chi connectivity index (χ4n) is 2.67. The zero-order valence-electron chi connectivity index (χ0n) is 11.9. The van der Waals surface area contributed by atoms with Crippen molar-refractivity contribution in [1.29, 1.82) is 0 Å². The first-order chi connectivity index (χ1) is 9.24. The van der Waals surface area contributed by atoms with E-state index in [2.05, 4.69) is 42.7 Å². The molecular formula is C16H24N2O. The minimum Gasteiger partial charge on any atom is -0.352 e. The van der Waals surface area contributed by atoms with Crippen LogP contribution in [0.4, 0.5) is 0 Å². The second-order valence-electron chi connectivity index (χ2n) is 5.31. The molecule has 0 saturated heterocycles. The third-order valence-corrected chi connectivity index (χ3v) is 3.87. The molecule has 1 amide bonds. The molecule has 1 unspecified atom stereocenters. The summed E-state index contributed by atoms with van der Waals surface area (Å²) in [4.78, 5) is 12.3. The third-order valence-electron chi connectivity index (χ3n) is 3.87. The molecule has 0 fully saturated rings. The van der Waals surface area contributed by atoms with Crippen LogP contribution in [0.5, 0.6) is 0 Å². The highest BCUT2D eigenvalue weighted by Gasteiger charge is 2.24. The molecule has 0 bridgehead atoms. The summed E-state index contributed by atoms with van der Waals surface area (Å²) in [6.07, 6.45) is 3.97. The van der Waals surface area contributed by atoms with Gasteiger partial charge in [0, 0.05) is 12.6 Å². The van der Waals surface area contributed by atoms with E-state index < -0.39 is 0 Å². The standard InChI is InChI=1S/C16H24N2O/c1-3-7-14(4-2)18-16(19)15-10-12-8-5-6-9-13(12)11-17-15/h5-6,8-9,14-15,17H,3-4,7,10-11H2,1-2H3,(H,18,19)/t14?,15-/m1/s1. The van der Waals surface area contributed by atoms with Gasteiger partial charge in [0.1, 0.15) is 0 Å². The van der Waals surface area contributed by atoms with Crippen LogP contribution in [0.3, 0.4) is 0 Å². The number of benzene rings is 1. The quantitative estimate of drug-likeness (QED) is 0.853. The van der Waals surface area contributed by atoms with Crippen LogP contribution in [0.25, 0.3) is 0 Å². The summed E-state index contributed by atoms with van der Waals surface area (Å²) >= 11 is 0. The molecule has 3 heteroatoms. The molecule has 0 aliphatic carbocycles. The smallest absolute Gasteiger partial charge is 0.237 e. The summed E-state index contributed by atoms with van der Waals surface area (Å²) in [5.41, 5.74) is 2.61. The van der Waals surface area contributed by atoms with Gasteiger partial charge in [-0.15, -0.1) is 0 Å². The molecule has 1 aromatic rings. The molecular weight excluding hydrogens is 236 g/mol. The van der Waals surface area contributed by atoms with Crippen LogP contribution in [-0.2, 0) is 17.8 Å². The van der Waals surface area contributed by atoms with Gasteiger partial charge in [-0.2, -0.15) is 0 Å². The molecule has 2 atom stereocenters. The maximum atomic E-state index is 12.3. The van der Waals surface area contributed by atoms with Crippen molar-refractivity contribution in [3.63, 3.8) is 0 Å². The van der Waals surface area contributed by atoms with E-state index in [0.717, 1.165) is 32.2 Å². The summed E-state index contributed by atoms with van der Waals surface area (Å²) in [6, 6.07) is 8.58. The Labute approximate surface area is 115 Å². The van der Waals surface area contributed by atoms with Crippen molar-refractivity contribution in [3.05, 3.63) is 35.4 Å². The van der Waals surface area contributed by atoms with Gasteiger partial charge in [0.25, 0.3) is 0 Å². The van der Waals surface area contributed by atoms with Gasteiger partial charge in [-0.1, -0.05) is 44.5 Å². The molecule has 19 heavy (non-hydrogen) atoms. The molecule has 2 N–H and O–H groups in total. The van der Waals surface area contributed by atoms with E-state index in [1.165, 1.54) is 11.1 Å². The fraction of sp³-hybridized carbons (Fsp3) is 0.562. The second-order valence-corrected chi connectivity index (χ2v) is 5.31. The molecule has 2 rings (SSSR count). The fourth-order valence-corrected chi connectivity index (χ4v) is 2.67. The number of hydrogen-bond donors (Lipinski definition) is 2. The topological polar surface area (TPSA) is 41.1 Å². The number of carbonyl (C=O) groups is 1. The maximum absolute atomic E-state index is 12.3. The Morgan fingerprint density at radius 1 is 1.37 bits per heavy atom. The van der Waals surface area contributed by atoms with Crippen LogP contribution in [0.15, 0.2) is 24.3 Å². The molecule has 0 aromatic heterocycles. The van der Waals surface area contributed by atoms with E-state index >= 15 is 0 Å². The van der Waals surface area contributed by atoms with Gasteiger partial charge < -0.3 is 10.6 Å². The van der Waals surface area contributed by atoms with Gasteiger partial charge in [-0.3, -0.25) is 4.79 Å². The zero-order valence-corrected chi connectivity index (χ0v) is 11.9. The zero-order chi connectivity index (χ0) is 13.7. The molecule has 3 nitrogen and oxygen atoms in total. The van der Waals surface area contributed by atoms with Crippen LogP contribution >= 0.6 is 0 Å². The van der Waals surface area contributed by atoms with E-state index in [1.807, 2.05) is 6.07 Å². The van der Waals surface area contributed by atoms with Gasteiger partial charge in [0.15, 0.2) is 0 Å². The van der Waals surface area contributed by atoms with Gasteiger partial charge in [-0.05, 0) is 30.4 Å². The molecule has 0 radical (unpaired) electrons. The Morgan fingerprint density at radius 2 is 2.11 bits per heavy atom. The third kappa shape index (κ3) is 3.57. The molecule has 1 aliphatic rings. The molecule has 1 aromatic carbocycles. The van der Waals surface area contributed by atoms with Crippen LogP contribution in [-0.4, -0.2) is 18.0 Å². The van der Waals surface area contributed by atoms with Crippen LogP contribution in [0, 0.1) is 0 Å². The van der Waals surface area contributed by atoms with Gasteiger partial charge in [0.2, 0.25) is 5.91 Å². The maximum Gasteiger partial charge on any atom is 0.237 e. The molecule has 104 valence electrons. The van der Waals surface area contributed by atoms with E-state index in [1.54, 1.807) is 0 Å². The monoisotopic (exact) mass is 260 g/mol. The van der Waals surface area contributed by atoms with Crippen molar-refractivity contribution in [3.8, 4) is 0 Å². The first kappa shape index (κ1) is 14.1. The largest absolute Gasteiger partial charge is 0.352 e. The van der Waals surface area contributed by atoms with Crippen molar-refractivity contribution >= 4 is 5.91 Å². The number of carbonyl (C=O) groups excluding carboxylic acids is 1. The van der Waals surface area contributed by atoms with Crippen LogP contribution < -0.4 is 10.6 Å². The Balaban J connectivity index is 1.95. The van der Waals surface area contributed by atoms with Gasteiger partial charge >= 0.3 is 0 Å². The molecule has 0 saturated carbocycles. The number of hydrogen-bond acceptors (Lipinski definition) is 2. The van der Waals surface area contributed by atoms with Crippen LogP contribution in [0.2, 0.25) is 0 Å². The first-order valence-electron chi connectivity index (χ1n) is 7.35. The Hall–Kier alpha value is -1.35. The lowest BCUT2D eigenvalue weighted by Crippen LogP contribution is -2.50. The summed E-state index contributed by atoms with van der Waals surface area (Å²) in [5, 5.41) is 6.50. The average Bonchev–Trinajstić information content (AvgIpc) is 2.46. The number of amides is 1. The Kier molecular flexibility index (Phi) is 4.97. The lowest BCUT2D eigenvalue weighted by Gasteiger charge is -2.27. The Bertz CT molecular complexity index is 431. The van der Waals surface area contributed by atoms with Crippen LogP contribution in [0.1, 0.15) is 44.2 Å². The number of nitrogens with one attached hydrogen (secondary N) is 2. The van der Waals surface area contributed by atoms with E-state index in [4.69, 9.17) is 0 Å². The van der Waals surface area contributed by atoms with Crippen molar-refractivity contribution in [2.75, 3.05) is 0 Å².